The van der Waals surface area contributed by atoms with Crippen molar-refractivity contribution in [2.75, 3.05) is 26.2 Å². The Labute approximate surface area is 126 Å². The Morgan fingerprint density at radius 2 is 2.29 bits per heavy atom. The van der Waals surface area contributed by atoms with Crippen LogP contribution in [0.15, 0.2) is 23.1 Å². The summed E-state index contributed by atoms with van der Waals surface area (Å²) in [5.41, 5.74) is -0.338. The van der Waals surface area contributed by atoms with E-state index in [0.29, 0.717) is 13.2 Å². The van der Waals surface area contributed by atoms with Crippen molar-refractivity contribution in [3.63, 3.8) is 0 Å². The van der Waals surface area contributed by atoms with Gasteiger partial charge in [0.05, 0.1) is 22.7 Å². The third kappa shape index (κ3) is 4.11. The monoisotopic (exact) mass is 335 g/mol. The largest absolute Gasteiger partial charge is 0.374 e. The molecule has 0 saturated carbocycles. The molecule has 0 radical (unpaired) electrons. The van der Waals surface area contributed by atoms with Crippen molar-refractivity contribution in [2.24, 2.45) is 0 Å². The number of nitro groups is 1. The molecule has 1 aliphatic heterocycles. The lowest BCUT2D eigenvalue weighted by atomic mass is 10.3. The molecule has 0 amide bonds. The van der Waals surface area contributed by atoms with Gasteiger partial charge in [0.1, 0.15) is 4.90 Å². The number of nitrogens with zero attached hydrogens (tertiary/aromatic N) is 1. The van der Waals surface area contributed by atoms with E-state index >= 15 is 0 Å². The summed E-state index contributed by atoms with van der Waals surface area (Å²) < 4.78 is 32.1. The van der Waals surface area contributed by atoms with Gasteiger partial charge >= 0.3 is 0 Å². The number of morpholine rings is 1. The predicted octanol–water partition coefficient (Wildman–Crippen LogP) is 0.515. The number of hydrogen-bond acceptors (Lipinski definition) is 6. The van der Waals surface area contributed by atoms with Gasteiger partial charge in [-0.1, -0.05) is 11.6 Å². The van der Waals surface area contributed by atoms with Crippen LogP contribution in [0.25, 0.3) is 0 Å². The summed E-state index contributed by atoms with van der Waals surface area (Å²) in [5, 5.41) is 13.7. The molecule has 0 spiro atoms. The molecule has 2 N–H and O–H groups in total. The van der Waals surface area contributed by atoms with Crippen LogP contribution in [0.3, 0.4) is 0 Å². The number of sulfonamides is 1. The molecule has 8 nitrogen and oxygen atoms in total. The van der Waals surface area contributed by atoms with Crippen molar-refractivity contribution in [2.45, 2.75) is 11.0 Å². The average molecular weight is 336 g/mol. The van der Waals surface area contributed by atoms with Gasteiger partial charge in [0.15, 0.2) is 0 Å². The highest BCUT2D eigenvalue weighted by molar-refractivity contribution is 7.89. The lowest BCUT2D eigenvalue weighted by molar-refractivity contribution is -0.385. The van der Waals surface area contributed by atoms with Crippen molar-refractivity contribution in [1.82, 2.24) is 10.0 Å². The van der Waals surface area contributed by atoms with Gasteiger partial charge in [-0.25, -0.2) is 13.1 Å². The Balaban J connectivity index is 2.14. The maximum absolute atomic E-state index is 12.2. The van der Waals surface area contributed by atoms with Crippen LogP contribution in [0.5, 0.6) is 0 Å². The minimum atomic E-state index is -3.94. The fourth-order valence-corrected chi connectivity index (χ4v) is 3.43. The molecule has 0 aromatic heterocycles. The van der Waals surface area contributed by atoms with Crippen LogP contribution in [-0.4, -0.2) is 45.7 Å². The number of nitro benzene ring substituents is 1. The molecule has 1 fully saturated rings. The fraction of sp³-hybridized carbons (Fsp3) is 0.455. The van der Waals surface area contributed by atoms with Crippen LogP contribution in [0.2, 0.25) is 5.02 Å². The Morgan fingerprint density at radius 3 is 2.90 bits per heavy atom. The van der Waals surface area contributed by atoms with E-state index in [9.17, 15) is 18.5 Å². The van der Waals surface area contributed by atoms with Gasteiger partial charge in [0, 0.05) is 31.8 Å². The zero-order valence-electron chi connectivity index (χ0n) is 10.9. The van der Waals surface area contributed by atoms with Gasteiger partial charge in [-0.3, -0.25) is 10.1 Å². The molecule has 2 rings (SSSR count). The van der Waals surface area contributed by atoms with Gasteiger partial charge in [0.25, 0.3) is 5.69 Å². The van der Waals surface area contributed by atoms with E-state index < -0.39 is 14.9 Å². The Kier molecular flexibility index (Phi) is 5.12. The van der Waals surface area contributed by atoms with Crippen molar-refractivity contribution < 1.29 is 18.1 Å². The molecule has 1 atom stereocenters. The first-order chi connectivity index (χ1) is 9.90. The number of hydrogen-bond donors (Lipinski definition) is 2. The van der Waals surface area contributed by atoms with E-state index in [2.05, 4.69) is 10.0 Å². The molecule has 0 aliphatic carbocycles. The van der Waals surface area contributed by atoms with E-state index in [4.69, 9.17) is 16.3 Å². The summed E-state index contributed by atoms with van der Waals surface area (Å²) in [7, 11) is -3.94. The second-order valence-electron chi connectivity index (χ2n) is 4.42. The Morgan fingerprint density at radius 1 is 1.52 bits per heavy atom. The van der Waals surface area contributed by atoms with Gasteiger partial charge in [-0.05, 0) is 6.07 Å². The molecule has 0 bridgehead atoms. The number of halogens is 1. The average Bonchev–Trinajstić information content (AvgIpc) is 2.46. The topological polar surface area (TPSA) is 111 Å². The predicted molar refractivity (Wildman–Crippen MR) is 75.9 cm³/mol. The maximum Gasteiger partial charge on any atom is 0.270 e. The number of rotatable bonds is 5. The molecule has 1 heterocycles. The summed E-state index contributed by atoms with van der Waals surface area (Å²) in [6.07, 6.45) is -0.286. The van der Waals surface area contributed by atoms with E-state index in [1.54, 1.807) is 0 Å². The van der Waals surface area contributed by atoms with E-state index in [-0.39, 0.29) is 28.3 Å². The smallest absolute Gasteiger partial charge is 0.270 e. The first kappa shape index (κ1) is 16.1. The molecule has 1 unspecified atom stereocenters. The van der Waals surface area contributed by atoms with Crippen LogP contribution in [0.1, 0.15) is 0 Å². The van der Waals surface area contributed by atoms with Crippen LogP contribution in [0, 0.1) is 10.1 Å². The molecule has 10 heteroatoms. The fourth-order valence-electron chi connectivity index (χ4n) is 1.84. The quantitative estimate of drug-likeness (QED) is 0.599. The van der Waals surface area contributed by atoms with Crippen LogP contribution in [-0.2, 0) is 14.8 Å². The molecular weight excluding hydrogens is 322 g/mol. The number of ether oxygens (including phenoxy) is 1. The first-order valence-corrected chi connectivity index (χ1v) is 8.02. The second-order valence-corrected chi connectivity index (χ2v) is 6.56. The minimum Gasteiger partial charge on any atom is -0.374 e. The second kappa shape index (κ2) is 6.67. The van der Waals surface area contributed by atoms with Gasteiger partial charge in [-0.15, -0.1) is 0 Å². The molecule has 1 aromatic carbocycles. The molecule has 1 aliphatic rings. The summed E-state index contributed by atoms with van der Waals surface area (Å²) in [4.78, 5) is 9.72. The highest BCUT2D eigenvalue weighted by Crippen LogP contribution is 2.25. The highest BCUT2D eigenvalue weighted by atomic mass is 35.5. The molecule has 116 valence electrons. The van der Waals surface area contributed by atoms with E-state index in [1.165, 1.54) is 6.07 Å². The molecule has 1 aromatic rings. The van der Waals surface area contributed by atoms with Crippen LogP contribution in [0.4, 0.5) is 5.69 Å². The van der Waals surface area contributed by atoms with Gasteiger partial charge in [0.2, 0.25) is 10.0 Å². The SMILES string of the molecule is O=[N+]([O-])c1ccc(Cl)c(S(=O)(=O)NCC2CNCCO2)c1. The van der Waals surface area contributed by atoms with Crippen molar-refractivity contribution in [1.29, 1.82) is 0 Å². The lowest BCUT2D eigenvalue weighted by Crippen LogP contribution is -2.45. The molecule has 21 heavy (non-hydrogen) atoms. The summed E-state index contributed by atoms with van der Waals surface area (Å²) >= 11 is 5.82. The summed E-state index contributed by atoms with van der Waals surface area (Å²) in [5.74, 6) is 0. The third-order valence-corrected chi connectivity index (χ3v) is 4.83. The highest BCUT2D eigenvalue weighted by Gasteiger charge is 2.23. The van der Waals surface area contributed by atoms with Gasteiger partial charge < -0.3 is 10.1 Å². The Bertz CT molecular complexity index is 631. The number of benzene rings is 1. The number of non-ortho nitro benzene ring substituents is 1. The van der Waals surface area contributed by atoms with E-state index in [1.807, 2.05) is 0 Å². The van der Waals surface area contributed by atoms with Crippen LogP contribution >= 0.6 is 11.6 Å². The summed E-state index contributed by atoms with van der Waals surface area (Å²) in [6, 6.07) is 3.27. The van der Waals surface area contributed by atoms with E-state index in [0.717, 1.165) is 18.7 Å². The normalized spacial score (nSPS) is 19.4. The third-order valence-electron chi connectivity index (χ3n) is 2.92. The molecule has 1 saturated heterocycles. The van der Waals surface area contributed by atoms with Crippen molar-refractivity contribution >= 4 is 27.3 Å². The Hall–Kier alpha value is -1.26. The zero-order chi connectivity index (χ0) is 15.5. The van der Waals surface area contributed by atoms with Crippen molar-refractivity contribution in [3.8, 4) is 0 Å². The van der Waals surface area contributed by atoms with Gasteiger partial charge in [-0.2, -0.15) is 0 Å². The first-order valence-electron chi connectivity index (χ1n) is 6.16. The van der Waals surface area contributed by atoms with Crippen LogP contribution < -0.4 is 10.0 Å². The lowest BCUT2D eigenvalue weighted by Gasteiger charge is -2.23. The minimum absolute atomic E-state index is 0.0638. The molecular formula is C11H14ClN3O5S. The standard InChI is InChI=1S/C11H14ClN3O5S/c12-10-2-1-8(15(16)17)5-11(10)21(18,19)14-7-9-6-13-3-4-20-9/h1-2,5,9,13-14H,3-4,6-7H2. The zero-order valence-corrected chi connectivity index (χ0v) is 12.5. The number of nitrogens with one attached hydrogen (secondary N) is 2. The van der Waals surface area contributed by atoms with Crippen molar-refractivity contribution in [3.05, 3.63) is 33.3 Å². The maximum atomic E-state index is 12.2. The summed E-state index contributed by atoms with van der Waals surface area (Å²) in [6.45, 7) is 1.82.